The number of aromatic nitrogens is 1. The lowest BCUT2D eigenvalue weighted by Crippen LogP contribution is -1.83. The smallest absolute Gasteiger partial charge is 0.154 e. The minimum absolute atomic E-state index is 0.222. The SMILES string of the molecule is Cc1cccnc1/N=C/c1ccccc1O. The number of rotatable bonds is 2. The molecule has 16 heavy (non-hydrogen) atoms. The van der Waals surface area contributed by atoms with Gasteiger partial charge in [0.05, 0.1) is 0 Å². The second kappa shape index (κ2) is 4.57. The quantitative estimate of drug-likeness (QED) is 0.778. The van der Waals surface area contributed by atoms with E-state index in [-0.39, 0.29) is 5.75 Å². The van der Waals surface area contributed by atoms with Gasteiger partial charge in [-0.2, -0.15) is 0 Å². The molecule has 0 saturated carbocycles. The van der Waals surface area contributed by atoms with Crippen molar-refractivity contribution in [2.45, 2.75) is 6.92 Å². The number of aliphatic imine (C=N–C) groups is 1. The van der Waals surface area contributed by atoms with Crippen LogP contribution in [-0.2, 0) is 0 Å². The lowest BCUT2D eigenvalue weighted by atomic mass is 10.2. The zero-order valence-corrected chi connectivity index (χ0v) is 8.96. The van der Waals surface area contributed by atoms with Crippen molar-refractivity contribution in [3.63, 3.8) is 0 Å². The van der Waals surface area contributed by atoms with Gasteiger partial charge < -0.3 is 5.11 Å². The zero-order valence-electron chi connectivity index (χ0n) is 8.96. The normalized spacial score (nSPS) is 10.8. The van der Waals surface area contributed by atoms with Gasteiger partial charge in [0.25, 0.3) is 0 Å². The van der Waals surface area contributed by atoms with Gasteiger partial charge >= 0.3 is 0 Å². The summed E-state index contributed by atoms with van der Waals surface area (Å²) in [7, 11) is 0. The molecule has 1 heterocycles. The number of phenolic OH excluding ortho intramolecular Hbond substituents is 1. The van der Waals surface area contributed by atoms with Gasteiger partial charge in [-0.15, -0.1) is 0 Å². The third kappa shape index (κ3) is 2.25. The number of pyridine rings is 1. The Balaban J connectivity index is 2.29. The van der Waals surface area contributed by atoms with E-state index in [1.807, 2.05) is 25.1 Å². The first-order valence-electron chi connectivity index (χ1n) is 5.01. The molecular weight excluding hydrogens is 200 g/mol. The molecule has 0 aliphatic heterocycles. The first-order chi connectivity index (χ1) is 7.77. The summed E-state index contributed by atoms with van der Waals surface area (Å²) in [5, 5.41) is 9.55. The molecule has 0 fully saturated rings. The predicted molar refractivity (Wildman–Crippen MR) is 64.3 cm³/mol. The van der Waals surface area contributed by atoms with Crippen LogP contribution in [0.3, 0.4) is 0 Å². The van der Waals surface area contributed by atoms with Crippen LogP contribution in [0.4, 0.5) is 5.82 Å². The lowest BCUT2D eigenvalue weighted by Gasteiger charge is -1.98. The molecule has 2 aromatic rings. The Labute approximate surface area is 94.1 Å². The molecule has 3 heteroatoms. The molecule has 0 aliphatic carbocycles. The van der Waals surface area contributed by atoms with E-state index in [2.05, 4.69) is 9.98 Å². The number of aromatic hydroxyl groups is 1. The monoisotopic (exact) mass is 212 g/mol. The lowest BCUT2D eigenvalue weighted by molar-refractivity contribution is 0.474. The van der Waals surface area contributed by atoms with Crippen molar-refractivity contribution in [1.82, 2.24) is 4.98 Å². The van der Waals surface area contributed by atoms with Crippen LogP contribution in [0, 0.1) is 6.92 Å². The third-order valence-corrected chi connectivity index (χ3v) is 2.24. The Morgan fingerprint density at radius 1 is 1.19 bits per heavy atom. The maximum Gasteiger partial charge on any atom is 0.154 e. The van der Waals surface area contributed by atoms with E-state index in [9.17, 15) is 5.11 Å². The second-order valence-electron chi connectivity index (χ2n) is 3.46. The summed E-state index contributed by atoms with van der Waals surface area (Å²) >= 11 is 0. The topological polar surface area (TPSA) is 45.5 Å². The Morgan fingerprint density at radius 3 is 2.75 bits per heavy atom. The van der Waals surface area contributed by atoms with Crippen LogP contribution in [0.5, 0.6) is 5.75 Å². The summed E-state index contributed by atoms with van der Waals surface area (Å²) in [6, 6.07) is 10.9. The number of para-hydroxylation sites is 1. The molecule has 0 aliphatic rings. The summed E-state index contributed by atoms with van der Waals surface area (Å²) in [6.07, 6.45) is 3.31. The van der Waals surface area contributed by atoms with Crippen LogP contribution in [0.25, 0.3) is 0 Å². The van der Waals surface area contributed by atoms with Gasteiger partial charge in [0.15, 0.2) is 5.82 Å². The van der Waals surface area contributed by atoms with Gasteiger partial charge in [-0.3, -0.25) is 0 Å². The van der Waals surface area contributed by atoms with E-state index in [1.54, 1.807) is 30.6 Å². The van der Waals surface area contributed by atoms with Crippen LogP contribution < -0.4 is 0 Å². The van der Waals surface area contributed by atoms with E-state index >= 15 is 0 Å². The summed E-state index contributed by atoms with van der Waals surface area (Å²) in [6.45, 7) is 1.95. The van der Waals surface area contributed by atoms with Crippen molar-refractivity contribution in [2.75, 3.05) is 0 Å². The van der Waals surface area contributed by atoms with Crippen molar-refractivity contribution < 1.29 is 5.11 Å². The van der Waals surface area contributed by atoms with Crippen molar-refractivity contribution in [3.8, 4) is 5.75 Å². The molecule has 1 aromatic heterocycles. The minimum Gasteiger partial charge on any atom is -0.507 e. The van der Waals surface area contributed by atoms with Crippen molar-refractivity contribution >= 4 is 12.0 Å². The summed E-state index contributed by atoms with van der Waals surface area (Å²) in [4.78, 5) is 8.38. The number of aryl methyl sites for hydroxylation is 1. The van der Waals surface area contributed by atoms with Gasteiger partial charge in [0.1, 0.15) is 5.75 Å². The van der Waals surface area contributed by atoms with Gasteiger partial charge in [0, 0.05) is 18.0 Å². The summed E-state index contributed by atoms with van der Waals surface area (Å²) in [5.74, 6) is 0.894. The van der Waals surface area contributed by atoms with Crippen LogP contribution in [0.1, 0.15) is 11.1 Å². The molecular formula is C13H12N2O. The molecule has 0 amide bonds. The molecule has 0 unspecified atom stereocenters. The van der Waals surface area contributed by atoms with E-state index in [1.165, 1.54) is 0 Å². The van der Waals surface area contributed by atoms with Gasteiger partial charge in [-0.25, -0.2) is 9.98 Å². The number of benzene rings is 1. The highest BCUT2D eigenvalue weighted by molar-refractivity contribution is 5.85. The van der Waals surface area contributed by atoms with Crippen LogP contribution >= 0.6 is 0 Å². The number of nitrogens with zero attached hydrogens (tertiary/aromatic N) is 2. The fraction of sp³-hybridized carbons (Fsp3) is 0.0769. The van der Waals surface area contributed by atoms with E-state index in [0.717, 1.165) is 5.56 Å². The average molecular weight is 212 g/mol. The second-order valence-corrected chi connectivity index (χ2v) is 3.46. The molecule has 3 nitrogen and oxygen atoms in total. The molecule has 2 rings (SSSR count). The highest BCUT2D eigenvalue weighted by atomic mass is 16.3. The molecule has 0 radical (unpaired) electrons. The van der Waals surface area contributed by atoms with Crippen molar-refractivity contribution in [1.29, 1.82) is 0 Å². The fourth-order valence-corrected chi connectivity index (χ4v) is 1.34. The van der Waals surface area contributed by atoms with Crippen LogP contribution in [0.2, 0.25) is 0 Å². The van der Waals surface area contributed by atoms with Crippen molar-refractivity contribution in [3.05, 3.63) is 53.7 Å². The average Bonchev–Trinajstić information content (AvgIpc) is 2.30. The molecule has 0 atom stereocenters. The summed E-state index contributed by atoms with van der Waals surface area (Å²) < 4.78 is 0. The standard InChI is InChI=1S/C13H12N2O/c1-10-5-4-8-14-13(10)15-9-11-6-2-3-7-12(11)16/h2-9,16H,1H3/b15-9+. The maximum atomic E-state index is 9.55. The van der Waals surface area contributed by atoms with E-state index in [0.29, 0.717) is 11.4 Å². The summed E-state index contributed by atoms with van der Waals surface area (Å²) in [5.41, 5.74) is 1.70. The van der Waals surface area contributed by atoms with Gasteiger partial charge in [0.2, 0.25) is 0 Å². The van der Waals surface area contributed by atoms with E-state index in [4.69, 9.17) is 0 Å². The molecule has 0 bridgehead atoms. The van der Waals surface area contributed by atoms with Crippen molar-refractivity contribution in [2.24, 2.45) is 4.99 Å². The zero-order chi connectivity index (χ0) is 11.4. The highest BCUT2D eigenvalue weighted by Gasteiger charge is 1.97. The Kier molecular flexibility index (Phi) is 2.96. The molecule has 0 saturated heterocycles. The fourth-order valence-electron chi connectivity index (χ4n) is 1.34. The minimum atomic E-state index is 0.222. The number of hydrogen-bond acceptors (Lipinski definition) is 3. The van der Waals surface area contributed by atoms with Crippen LogP contribution in [-0.4, -0.2) is 16.3 Å². The first-order valence-corrected chi connectivity index (χ1v) is 5.01. The number of hydrogen-bond donors (Lipinski definition) is 1. The molecule has 1 N–H and O–H groups in total. The van der Waals surface area contributed by atoms with Crippen LogP contribution in [0.15, 0.2) is 47.6 Å². The Bertz CT molecular complexity index is 473. The molecule has 0 spiro atoms. The highest BCUT2D eigenvalue weighted by Crippen LogP contribution is 2.16. The maximum absolute atomic E-state index is 9.55. The van der Waals surface area contributed by atoms with Gasteiger partial charge in [-0.05, 0) is 30.7 Å². The number of phenols is 1. The predicted octanol–water partition coefficient (Wildman–Crippen LogP) is 2.85. The Hall–Kier alpha value is -2.16. The molecule has 80 valence electrons. The Morgan fingerprint density at radius 2 is 2.00 bits per heavy atom. The first kappa shape index (κ1) is 10.4. The largest absolute Gasteiger partial charge is 0.507 e. The van der Waals surface area contributed by atoms with Gasteiger partial charge in [-0.1, -0.05) is 18.2 Å². The third-order valence-electron chi connectivity index (χ3n) is 2.24. The van der Waals surface area contributed by atoms with E-state index < -0.39 is 0 Å². The molecule has 1 aromatic carbocycles.